The van der Waals surface area contributed by atoms with Gasteiger partial charge in [-0.15, -0.1) is 0 Å². The lowest BCUT2D eigenvalue weighted by Crippen LogP contribution is -2.39. The number of nitrogens with one attached hydrogen (secondary N) is 1. The number of hydrogen-bond acceptors (Lipinski definition) is 2. The van der Waals surface area contributed by atoms with E-state index in [1.165, 1.54) is 0 Å². The average Bonchev–Trinajstić information content (AvgIpc) is 2.43. The van der Waals surface area contributed by atoms with E-state index in [2.05, 4.69) is 5.32 Å². The molecule has 0 saturated heterocycles. The van der Waals surface area contributed by atoms with Crippen LogP contribution in [0.25, 0.3) is 0 Å². The lowest BCUT2D eigenvalue weighted by Gasteiger charge is -2.10. The molecule has 4 nitrogen and oxygen atoms in total. The number of carbonyl (C=O) groups excluding carboxylic acids is 1. The molecule has 21 heavy (non-hydrogen) atoms. The Kier molecular flexibility index (Phi) is 5.04. The molecule has 0 aliphatic heterocycles. The minimum atomic E-state index is -0.165. The molecule has 0 unspecified atom stereocenters. The van der Waals surface area contributed by atoms with Gasteiger partial charge in [0.25, 0.3) is 5.91 Å². The highest BCUT2D eigenvalue weighted by molar-refractivity contribution is 6.35. The number of pyridine rings is 1. The predicted octanol–water partition coefficient (Wildman–Crippen LogP) is 2.99. The second-order valence-corrected chi connectivity index (χ2v) is 5.64. The first kappa shape index (κ1) is 15.6. The summed E-state index contributed by atoms with van der Waals surface area (Å²) in [6.45, 7) is 0.205. The van der Waals surface area contributed by atoms with Crippen molar-refractivity contribution >= 4 is 40.5 Å². The van der Waals surface area contributed by atoms with Gasteiger partial charge in [-0.1, -0.05) is 23.2 Å². The van der Waals surface area contributed by atoms with Crippen LogP contribution in [0.15, 0.2) is 42.7 Å². The second kappa shape index (κ2) is 6.78. The summed E-state index contributed by atoms with van der Waals surface area (Å²) >= 11 is 11.9. The lowest BCUT2D eigenvalue weighted by atomic mass is 10.3. The maximum absolute atomic E-state index is 12.0. The SMILES string of the molecule is CN(C)c1cc[n+](CC(=O)Nc2cc(Cl)ccc2Cl)cc1. The third-order valence-corrected chi connectivity index (χ3v) is 3.48. The Balaban J connectivity index is 2.03. The second-order valence-electron chi connectivity index (χ2n) is 4.80. The predicted molar refractivity (Wildman–Crippen MR) is 86.1 cm³/mol. The van der Waals surface area contributed by atoms with E-state index in [1.807, 2.05) is 43.5 Å². The minimum Gasteiger partial charge on any atom is -0.377 e. The molecule has 1 aromatic heterocycles. The molecule has 0 atom stereocenters. The Bertz CT molecular complexity index is 642. The standard InChI is InChI=1S/C15H15Cl2N3O/c1-19(2)12-5-7-20(8-6-12)10-15(21)18-14-9-11(16)3-4-13(14)17/h3-9H,10H2,1-2H3/p+1. The molecule has 0 fully saturated rings. The number of amides is 1. The van der Waals surface area contributed by atoms with E-state index in [1.54, 1.807) is 22.8 Å². The van der Waals surface area contributed by atoms with Crippen molar-refractivity contribution in [1.82, 2.24) is 0 Å². The summed E-state index contributed by atoms with van der Waals surface area (Å²) in [6.07, 6.45) is 3.71. The summed E-state index contributed by atoms with van der Waals surface area (Å²) < 4.78 is 1.79. The fourth-order valence-electron chi connectivity index (χ4n) is 1.80. The zero-order valence-electron chi connectivity index (χ0n) is 11.8. The van der Waals surface area contributed by atoms with Gasteiger partial charge in [0.2, 0.25) is 6.54 Å². The topological polar surface area (TPSA) is 36.2 Å². The highest BCUT2D eigenvalue weighted by atomic mass is 35.5. The van der Waals surface area contributed by atoms with Gasteiger partial charge in [0, 0.05) is 36.9 Å². The van der Waals surface area contributed by atoms with Gasteiger partial charge in [-0.05, 0) is 18.2 Å². The zero-order valence-corrected chi connectivity index (χ0v) is 13.3. The van der Waals surface area contributed by atoms with E-state index < -0.39 is 0 Å². The molecule has 1 heterocycles. The van der Waals surface area contributed by atoms with Crippen LogP contribution in [-0.4, -0.2) is 20.0 Å². The smallest absolute Gasteiger partial charge is 0.290 e. The summed E-state index contributed by atoms with van der Waals surface area (Å²) in [6, 6.07) is 8.84. The monoisotopic (exact) mass is 324 g/mol. The van der Waals surface area contributed by atoms with Crippen LogP contribution < -0.4 is 14.8 Å². The van der Waals surface area contributed by atoms with Crippen LogP contribution >= 0.6 is 23.2 Å². The lowest BCUT2D eigenvalue weighted by molar-refractivity contribution is -0.684. The Labute approximate surface area is 133 Å². The van der Waals surface area contributed by atoms with Gasteiger partial charge < -0.3 is 10.2 Å². The summed E-state index contributed by atoms with van der Waals surface area (Å²) in [4.78, 5) is 14.0. The van der Waals surface area contributed by atoms with Crippen molar-refractivity contribution in [2.45, 2.75) is 6.54 Å². The third-order valence-electron chi connectivity index (χ3n) is 2.92. The van der Waals surface area contributed by atoms with E-state index in [-0.39, 0.29) is 12.5 Å². The third kappa shape index (κ3) is 4.34. The Morgan fingerprint density at radius 2 is 1.86 bits per heavy atom. The van der Waals surface area contributed by atoms with E-state index in [4.69, 9.17) is 23.2 Å². The van der Waals surface area contributed by atoms with Crippen LogP contribution in [-0.2, 0) is 11.3 Å². The Hall–Kier alpha value is -1.78. The minimum absolute atomic E-state index is 0.165. The van der Waals surface area contributed by atoms with E-state index in [9.17, 15) is 4.79 Å². The first-order valence-electron chi connectivity index (χ1n) is 6.37. The van der Waals surface area contributed by atoms with Crippen molar-refractivity contribution in [2.75, 3.05) is 24.3 Å². The van der Waals surface area contributed by atoms with Gasteiger partial charge in [-0.2, -0.15) is 4.57 Å². The Morgan fingerprint density at radius 3 is 2.48 bits per heavy atom. The molecule has 0 aliphatic rings. The fraction of sp³-hybridized carbons (Fsp3) is 0.200. The Morgan fingerprint density at radius 1 is 1.19 bits per heavy atom. The number of anilines is 2. The molecular formula is C15H16Cl2N3O+. The number of rotatable bonds is 4. The number of nitrogens with zero attached hydrogens (tertiary/aromatic N) is 2. The number of benzene rings is 1. The number of aromatic nitrogens is 1. The first-order valence-corrected chi connectivity index (χ1v) is 7.12. The van der Waals surface area contributed by atoms with Crippen molar-refractivity contribution < 1.29 is 9.36 Å². The number of carbonyl (C=O) groups is 1. The van der Waals surface area contributed by atoms with Crippen molar-refractivity contribution in [2.24, 2.45) is 0 Å². The molecule has 6 heteroatoms. The summed E-state index contributed by atoms with van der Waals surface area (Å²) in [5.41, 5.74) is 1.59. The molecule has 0 spiro atoms. The van der Waals surface area contributed by atoms with E-state index in [0.29, 0.717) is 15.7 Å². The largest absolute Gasteiger partial charge is 0.377 e. The highest BCUT2D eigenvalue weighted by Crippen LogP contribution is 2.25. The van der Waals surface area contributed by atoms with Crippen LogP contribution in [0.4, 0.5) is 11.4 Å². The van der Waals surface area contributed by atoms with Crippen molar-refractivity contribution in [3.05, 3.63) is 52.8 Å². The highest BCUT2D eigenvalue weighted by Gasteiger charge is 2.12. The van der Waals surface area contributed by atoms with E-state index in [0.717, 1.165) is 5.69 Å². The van der Waals surface area contributed by atoms with Crippen LogP contribution in [0.5, 0.6) is 0 Å². The fourth-order valence-corrected chi connectivity index (χ4v) is 2.14. The molecule has 1 aromatic carbocycles. The van der Waals surface area contributed by atoms with Gasteiger partial charge in [0.15, 0.2) is 12.4 Å². The van der Waals surface area contributed by atoms with Crippen LogP contribution in [0.2, 0.25) is 10.0 Å². The molecule has 0 aliphatic carbocycles. The molecule has 110 valence electrons. The molecule has 1 N–H and O–H groups in total. The molecule has 2 aromatic rings. The normalized spacial score (nSPS) is 10.3. The molecule has 1 amide bonds. The molecule has 0 bridgehead atoms. The van der Waals surface area contributed by atoms with Gasteiger partial charge in [-0.25, -0.2) is 0 Å². The molecule has 0 radical (unpaired) electrons. The molecular weight excluding hydrogens is 309 g/mol. The van der Waals surface area contributed by atoms with Crippen molar-refractivity contribution in [3.63, 3.8) is 0 Å². The van der Waals surface area contributed by atoms with Crippen LogP contribution in [0.3, 0.4) is 0 Å². The van der Waals surface area contributed by atoms with Crippen molar-refractivity contribution in [1.29, 1.82) is 0 Å². The van der Waals surface area contributed by atoms with Crippen LogP contribution in [0.1, 0.15) is 0 Å². The van der Waals surface area contributed by atoms with Gasteiger partial charge >= 0.3 is 0 Å². The number of hydrogen-bond donors (Lipinski definition) is 1. The summed E-state index contributed by atoms with van der Waals surface area (Å²) in [5, 5.41) is 3.73. The van der Waals surface area contributed by atoms with Crippen molar-refractivity contribution in [3.8, 4) is 0 Å². The van der Waals surface area contributed by atoms with E-state index >= 15 is 0 Å². The molecule has 0 saturated carbocycles. The first-order chi connectivity index (χ1) is 9.95. The average molecular weight is 325 g/mol. The maximum atomic E-state index is 12.0. The van der Waals surface area contributed by atoms with Crippen LogP contribution in [0, 0.1) is 0 Å². The maximum Gasteiger partial charge on any atom is 0.290 e. The quantitative estimate of drug-likeness (QED) is 0.878. The number of halogens is 2. The van der Waals surface area contributed by atoms with Gasteiger partial charge in [0.05, 0.1) is 10.7 Å². The zero-order chi connectivity index (χ0) is 15.4. The van der Waals surface area contributed by atoms with Gasteiger partial charge in [0.1, 0.15) is 0 Å². The van der Waals surface area contributed by atoms with Gasteiger partial charge in [-0.3, -0.25) is 4.79 Å². The molecule has 2 rings (SSSR count). The summed E-state index contributed by atoms with van der Waals surface area (Å²) in [7, 11) is 3.93. The summed E-state index contributed by atoms with van der Waals surface area (Å²) in [5.74, 6) is -0.165.